The molecule has 0 radical (unpaired) electrons. The van der Waals surface area contributed by atoms with E-state index in [1.807, 2.05) is 24.3 Å². The molecule has 4 rings (SSSR count). The normalized spacial score (nSPS) is 14.9. The van der Waals surface area contributed by atoms with E-state index in [0.717, 1.165) is 24.2 Å². The van der Waals surface area contributed by atoms with E-state index in [-0.39, 0.29) is 10.4 Å². The van der Waals surface area contributed by atoms with Crippen molar-refractivity contribution >= 4 is 27.5 Å². The van der Waals surface area contributed by atoms with Crippen LogP contribution in [0.1, 0.15) is 48.7 Å². The molecule has 1 N–H and O–H groups in total. The largest absolute Gasteiger partial charge is 0.497 e. The number of benzene rings is 1. The Balaban J connectivity index is 1.49. The van der Waals surface area contributed by atoms with Gasteiger partial charge in [0.2, 0.25) is 5.91 Å². The topological polar surface area (TPSA) is 74.0 Å². The summed E-state index contributed by atoms with van der Waals surface area (Å²) in [6, 6.07) is 6.59. The van der Waals surface area contributed by atoms with Gasteiger partial charge in [0, 0.05) is 12.1 Å². The molecule has 1 amide bonds. The van der Waals surface area contributed by atoms with Gasteiger partial charge in [-0.2, -0.15) is 23.4 Å². The van der Waals surface area contributed by atoms with Crippen molar-refractivity contribution in [2.75, 3.05) is 12.4 Å². The maximum atomic E-state index is 13.3. The van der Waals surface area contributed by atoms with Crippen LogP contribution >= 0.6 is 15.9 Å². The maximum Gasteiger partial charge on any atom is 0.436 e. The molecule has 32 heavy (non-hydrogen) atoms. The van der Waals surface area contributed by atoms with Gasteiger partial charge in [0.25, 0.3) is 0 Å². The number of anilines is 1. The predicted molar refractivity (Wildman–Crippen MR) is 115 cm³/mol. The lowest BCUT2D eigenvalue weighted by Gasteiger charge is -2.15. The van der Waals surface area contributed by atoms with Gasteiger partial charge < -0.3 is 10.1 Å². The van der Waals surface area contributed by atoms with Crippen LogP contribution in [0.25, 0.3) is 0 Å². The highest BCUT2D eigenvalue weighted by Crippen LogP contribution is 2.47. The number of hydrogen-bond acceptors (Lipinski definition) is 4. The molecular formula is C21H21BrF3N5O2. The van der Waals surface area contributed by atoms with Gasteiger partial charge in [0.15, 0.2) is 5.69 Å². The van der Waals surface area contributed by atoms with Crippen molar-refractivity contribution in [2.24, 2.45) is 0 Å². The smallest absolute Gasteiger partial charge is 0.436 e. The minimum absolute atomic E-state index is 0.0335. The van der Waals surface area contributed by atoms with E-state index in [0.29, 0.717) is 17.9 Å². The monoisotopic (exact) mass is 511 g/mol. The molecule has 1 fully saturated rings. The highest BCUT2D eigenvalue weighted by molar-refractivity contribution is 9.10. The molecule has 170 valence electrons. The number of aromatic nitrogens is 4. The summed E-state index contributed by atoms with van der Waals surface area (Å²) < 4.78 is 48.0. The van der Waals surface area contributed by atoms with Gasteiger partial charge in [-0.3, -0.25) is 14.2 Å². The second-order valence-electron chi connectivity index (χ2n) is 7.71. The third-order valence-corrected chi connectivity index (χ3v) is 6.03. The number of halogens is 4. The van der Waals surface area contributed by atoms with Crippen molar-refractivity contribution < 1.29 is 22.7 Å². The number of alkyl halides is 3. The molecule has 0 aliphatic heterocycles. The maximum absolute atomic E-state index is 13.3. The molecule has 0 spiro atoms. The quantitative estimate of drug-likeness (QED) is 0.484. The third-order valence-electron chi connectivity index (χ3n) is 5.25. The fourth-order valence-corrected chi connectivity index (χ4v) is 4.27. The summed E-state index contributed by atoms with van der Waals surface area (Å²) in [7, 11) is 1.59. The zero-order valence-corrected chi connectivity index (χ0v) is 18.9. The van der Waals surface area contributed by atoms with Crippen LogP contribution in [0.15, 0.2) is 41.1 Å². The minimum Gasteiger partial charge on any atom is -0.497 e. The Morgan fingerprint density at radius 1 is 1.38 bits per heavy atom. The average Bonchev–Trinajstić information content (AvgIpc) is 3.38. The third kappa shape index (κ3) is 4.67. The Bertz CT molecular complexity index is 1140. The first-order valence-corrected chi connectivity index (χ1v) is 10.8. The SMILES string of the molecule is COc1cccc(Cn2cc(NC(=O)C(C)n3nc(C(F)(F)F)c(Br)c3C3CC3)cn2)c1. The minimum atomic E-state index is -4.61. The second-order valence-corrected chi connectivity index (χ2v) is 8.50. The van der Waals surface area contributed by atoms with Gasteiger partial charge in [-0.1, -0.05) is 12.1 Å². The standard InChI is InChI=1S/C21H21BrF3N5O2/c1-12(30-18(14-6-7-14)17(22)19(28-30)21(23,24)25)20(31)27-15-9-26-29(11-15)10-13-4-3-5-16(8-13)32-2/h3-5,8-9,11-12,14H,6-7,10H2,1-2H3,(H,27,31). The molecule has 11 heteroatoms. The van der Waals surface area contributed by atoms with Gasteiger partial charge in [0.05, 0.1) is 35.7 Å². The second kappa shape index (κ2) is 8.61. The van der Waals surface area contributed by atoms with Gasteiger partial charge in [-0.05, 0) is 53.4 Å². The number of carbonyl (C=O) groups excluding carboxylic acids is 1. The van der Waals surface area contributed by atoms with E-state index in [1.165, 1.54) is 17.8 Å². The summed E-state index contributed by atoms with van der Waals surface area (Å²) in [6.07, 6.45) is 0.0872. The molecule has 0 saturated heterocycles. The number of rotatable bonds is 7. The van der Waals surface area contributed by atoms with Gasteiger partial charge in [0.1, 0.15) is 11.8 Å². The number of methoxy groups -OCH3 is 1. The predicted octanol–water partition coefficient (Wildman–Crippen LogP) is 4.99. The summed E-state index contributed by atoms with van der Waals surface area (Å²) in [5.74, 6) is 0.220. The van der Waals surface area contributed by atoms with Gasteiger partial charge in [-0.25, -0.2) is 0 Å². The van der Waals surface area contributed by atoms with E-state index in [1.54, 1.807) is 18.0 Å². The lowest BCUT2D eigenvalue weighted by Crippen LogP contribution is -2.26. The van der Waals surface area contributed by atoms with E-state index < -0.39 is 23.8 Å². The number of ether oxygens (including phenoxy) is 1. The van der Waals surface area contributed by atoms with Crippen LogP contribution in [0.5, 0.6) is 5.75 Å². The first kappa shape index (κ1) is 22.4. The first-order chi connectivity index (χ1) is 15.2. The van der Waals surface area contributed by atoms with E-state index in [4.69, 9.17) is 4.74 Å². The molecule has 1 atom stereocenters. The molecule has 2 heterocycles. The zero-order chi connectivity index (χ0) is 23.0. The molecule has 1 saturated carbocycles. The number of nitrogens with zero attached hydrogens (tertiary/aromatic N) is 4. The van der Waals surface area contributed by atoms with Crippen molar-refractivity contribution in [3.8, 4) is 5.75 Å². The lowest BCUT2D eigenvalue weighted by atomic mass is 10.2. The van der Waals surface area contributed by atoms with Crippen LogP contribution in [-0.2, 0) is 17.5 Å². The zero-order valence-electron chi connectivity index (χ0n) is 17.4. The van der Waals surface area contributed by atoms with Crippen molar-refractivity contribution in [3.05, 3.63) is 58.1 Å². The molecule has 3 aromatic rings. The summed E-state index contributed by atoms with van der Waals surface area (Å²) >= 11 is 3.05. The Labute approximate surface area is 190 Å². The lowest BCUT2D eigenvalue weighted by molar-refractivity contribution is -0.142. The summed E-state index contributed by atoms with van der Waals surface area (Å²) in [5, 5.41) is 10.7. The number of hydrogen-bond donors (Lipinski definition) is 1. The fourth-order valence-electron chi connectivity index (χ4n) is 3.46. The molecule has 1 aromatic carbocycles. The Morgan fingerprint density at radius 2 is 2.12 bits per heavy atom. The van der Waals surface area contributed by atoms with Crippen molar-refractivity contribution in [2.45, 2.75) is 44.4 Å². The molecular weight excluding hydrogens is 491 g/mol. The molecule has 1 aliphatic carbocycles. The number of amides is 1. The fraction of sp³-hybridized carbons (Fsp3) is 0.381. The number of nitrogens with one attached hydrogen (secondary N) is 1. The Kier molecular flexibility index (Phi) is 6.02. The van der Waals surface area contributed by atoms with E-state index >= 15 is 0 Å². The van der Waals surface area contributed by atoms with E-state index in [2.05, 4.69) is 31.4 Å². The van der Waals surface area contributed by atoms with Crippen LogP contribution in [0.4, 0.5) is 18.9 Å². The Hall–Kier alpha value is -2.82. The Morgan fingerprint density at radius 3 is 2.78 bits per heavy atom. The van der Waals surface area contributed by atoms with Gasteiger partial charge in [-0.15, -0.1) is 0 Å². The molecule has 1 aliphatic rings. The average molecular weight is 512 g/mol. The highest BCUT2D eigenvalue weighted by atomic mass is 79.9. The van der Waals surface area contributed by atoms with Crippen molar-refractivity contribution in [3.63, 3.8) is 0 Å². The molecule has 1 unspecified atom stereocenters. The van der Waals surface area contributed by atoms with Crippen LogP contribution < -0.4 is 10.1 Å². The van der Waals surface area contributed by atoms with Crippen LogP contribution in [0, 0.1) is 0 Å². The first-order valence-electron chi connectivity index (χ1n) is 9.98. The van der Waals surface area contributed by atoms with Crippen molar-refractivity contribution in [1.29, 1.82) is 0 Å². The summed E-state index contributed by atoms with van der Waals surface area (Å²) in [5.41, 5.74) is 0.813. The summed E-state index contributed by atoms with van der Waals surface area (Å²) in [6.45, 7) is 2.00. The molecule has 0 bridgehead atoms. The number of carbonyl (C=O) groups is 1. The van der Waals surface area contributed by atoms with Crippen LogP contribution in [-0.4, -0.2) is 32.6 Å². The highest BCUT2D eigenvalue weighted by Gasteiger charge is 2.43. The van der Waals surface area contributed by atoms with E-state index in [9.17, 15) is 18.0 Å². The van der Waals surface area contributed by atoms with Gasteiger partial charge >= 0.3 is 6.18 Å². The molecule has 7 nitrogen and oxygen atoms in total. The summed E-state index contributed by atoms with van der Waals surface area (Å²) in [4.78, 5) is 12.8. The van der Waals surface area contributed by atoms with Crippen LogP contribution in [0.3, 0.4) is 0 Å². The molecule has 2 aromatic heterocycles. The van der Waals surface area contributed by atoms with Crippen molar-refractivity contribution in [1.82, 2.24) is 19.6 Å². The van der Waals surface area contributed by atoms with Crippen LogP contribution in [0.2, 0.25) is 0 Å².